The summed E-state index contributed by atoms with van der Waals surface area (Å²) in [4.78, 5) is 2.49. The SMILES string of the molecule is CC(C)P(CNc1ccccc1N(c1ccccc1NCP(C(C)C)C(C)C)c1ccccc1NCP(C(C)C)C(C)C)C(C)C.Cc1ccccc1.[Ni]. The van der Waals surface area contributed by atoms with Crippen molar-refractivity contribution in [2.75, 3.05) is 39.7 Å². The van der Waals surface area contributed by atoms with Crippen LogP contribution in [0.2, 0.25) is 0 Å². The molecule has 0 aliphatic heterocycles. The minimum atomic E-state index is -0.156. The van der Waals surface area contributed by atoms with Gasteiger partial charge in [-0.3, -0.25) is 0 Å². The van der Waals surface area contributed by atoms with Gasteiger partial charge in [0.2, 0.25) is 0 Å². The molecule has 0 aromatic heterocycles. The van der Waals surface area contributed by atoms with Crippen LogP contribution in [-0.4, -0.2) is 52.8 Å². The number of nitrogens with one attached hydrogen (secondary N) is 3. The summed E-state index contributed by atoms with van der Waals surface area (Å²) in [6.45, 7) is 30.6. The molecule has 0 spiro atoms. The summed E-state index contributed by atoms with van der Waals surface area (Å²) < 4.78 is 0. The molecule has 0 saturated carbocycles. The smallest absolute Gasteiger partial charge is 0.0695 e. The normalized spacial score (nSPS) is 11.5. The number of anilines is 6. The zero-order valence-corrected chi connectivity index (χ0v) is 39.2. The fraction of sp³-hybridized carbons (Fsp3) is 0.478. The van der Waals surface area contributed by atoms with Gasteiger partial charge in [0.25, 0.3) is 0 Å². The average molecular weight is 832 g/mol. The molecular formula is C46H71N4NiP3. The number of aryl methyl sites for hydroxylation is 1. The molecule has 0 heterocycles. The van der Waals surface area contributed by atoms with Crippen molar-refractivity contribution in [1.29, 1.82) is 0 Å². The number of hydrogen-bond donors (Lipinski definition) is 3. The van der Waals surface area contributed by atoms with Gasteiger partial charge in [-0.05, 0) is 77.3 Å². The summed E-state index contributed by atoms with van der Waals surface area (Å²) in [5.74, 6) is 0. The van der Waals surface area contributed by atoms with Crippen molar-refractivity contribution in [3.8, 4) is 0 Å². The van der Waals surface area contributed by atoms with E-state index in [9.17, 15) is 0 Å². The number of para-hydroxylation sites is 6. The Morgan fingerprint density at radius 2 is 0.630 bits per heavy atom. The zero-order valence-electron chi connectivity index (χ0n) is 35.5. The second kappa shape index (κ2) is 24.5. The predicted octanol–water partition coefficient (Wildman–Crippen LogP) is 15.2. The van der Waals surface area contributed by atoms with Crippen LogP contribution < -0.4 is 20.9 Å². The van der Waals surface area contributed by atoms with Gasteiger partial charge >= 0.3 is 0 Å². The molecule has 0 radical (unpaired) electrons. The molecule has 0 amide bonds. The molecule has 4 aromatic carbocycles. The molecule has 8 heteroatoms. The molecule has 300 valence electrons. The average Bonchev–Trinajstić information content (AvgIpc) is 3.10. The summed E-state index contributed by atoms with van der Waals surface area (Å²) in [5.41, 5.74) is 12.4. The van der Waals surface area contributed by atoms with Crippen LogP contribution in [0, 0.1) is 6.92 Å². The van der Waals surface area contributed by atoms with Crippen LogP contribution in [0.3, 0.4) is 0 Å². The van der Waals surface area contributed by atoms with E-state index >= 15 is 0 Å². The molecule has 0 bridgehead atoms. The van der Waals surface area contributed by atoms with Gasteiger partial charge in [-0.1, -0.05) is 179 Å². The Labute approximate surface area is 345 Å². The Morgan fingerprint density at radius 1 is 0.389 bits per heavy atom. The maximum atomic E-state index is 3.95. The van der Waals surface area contributed by atoms with E-state index in [4.69, 9.17) is 0 Å². The largest absolute Gasteiger partial charge is 0.379 e. The van der Waals surface area contributed by atoms with Gasteiger partial charge in [0.15, 0.2) is 0 Å². The van der Waals surface area contributed by atoms with E-state index in [0.29, 0.717) is 34.0 Å². The molecular weight excluding hydrogens is 760 g/mol. The molecule has 0 atom stereocenters. The summed E-state index contributed by atoms with van der Waals surface area (Å²) in [6.07, 6.45) is 3.03. The molecule has 0 saturated heterocycles. The van der Waals surface area contributed by atoms with E-state index in [1.165, 1.54) is 39.7 Å². The number of nitrogens with zero attached hydrogens (tertiary/aromatic N) is 1. The van der Waals surface area contributed by atoms with Crippen molar-refractivity contribution in [3.05, 3.63) is 109 Å². The van der Waals surface area contributed by atoms with E-state index in [0.717, 1.165) is 18.9 Å². The zero-order chi connectivity index (χ0) is 39.1. The molecule has 4 nitrogen and oxygen atoms in total. The fourth-order valence-corrected chi connectivity index (χ4v) is 13.6. The molecule has 0 aliphatic rings. The first-order chi connectivity index (χ1) is 25.2. The van der Waals surface area contributed by atoms with Gasteiger partial charge in [0, 0.05) is 35.3 Å². The molecule has 4 aromatic rings. The standard InChI is InChI=1S/C39H63N4P3.C7H8.Ni/c1-28(2)44(29(3)4)25-40-34-19-13-16-22-37(34)43(38-23-17-14-20-35(38)41-26-45(30(5)6)31(7)8)39-24-18-15-21-36(39)42-27-46(32(9)10)33(11)12;1-7-5-3-2-4-6-7;/h13-24,28-33,40-42H,25-27H2,1-12H3;2-6H,1H3;. The van der Waals surface area contributed by atoms with E-state index in [1.807, 2.05) is 18.2 Å². The second-order valence-corrected chi connectivity index (χ2v) is 25.9. The van der Waals surface area contributed by atoms with Crippen LogP contribution in [0.5, 0.6) is 0 Å². The minimum absolute atomic E-state index is 0. The van der Waals surface area contributed by atoms with Crippen molar-refractivity contribution in [2.24, 2.45) is 0 Å². The minimum Gasteiger partial charge on any atom is -0.379 e. The van der Waals surface area contributed by atoms with E-state index in [2.05, 4.69) is 196 Å². The first-order valence-corrected chi connectivity index (χ1v) is 24.8. The monoisotopic (exact) mass is 830 g/mol. The molecule has 0 fully saturated rings. The Balaban J connectivity index is 0.00000113. The van der Waals surface area contributed by atoms with Gasteiger partial charge in [-0.2, -0.15) is 0 Å². The van der Waals surface area contributed by atoms with Crippen LogP contribution in [-0.2, 0) is 16.5 Å². The topological polar surface area (TPSA) is 39.3 Å². The number of benzene rings is 4. The van der Waals surface area contributed by atoms with Crippen molar-refractivity contribution in [1.82, 2.24) is 0 Å². The van der Waals surface area contributed by atoms with Crippen LogP contribution in [0.1, 0.15) is 88.6 Å². The summed E-state index contributed by atoms with van der Waals surface area (Å²) in [5, 5.41) is 11.8. The maximum absolute atomic E-state index is 3.95. The Morgan fingerprint density at radius 3 is 0.852 bits per heavy atom. The summed E-state index contributed by atoms with van der Waals surface area (Å²) >= 11 is 0. The van der Waals surface area contributed by atoms with E-state index in [1.54, 1.807) is 0 Å². The Kier molecular flexibility index (Phi) is 21.8. The predicted molar refractivity (Wildman–Crippen MR) is 249 cm³/mol. The van der Waals surface area contributed by atoms with Gasteiger partial charge in [0.1, 0.15) is 0 Å². The first kappa shape index (κ1) is 48.0. The van der Waals surface area contributed by atoms with E-state index in [-0.39, 0.29) is 40.3 Å². The molecule has 3 N–H and O–H groups in total. The van der Waals surface area contributed by atoms with E-state index < -0.39 is 0 Å². The van der Waals surface area contributed by atoms with Crippen molar-refractivity contribution in [2.45, 2.75) is 124 Å². The molecule has 4 rings (SSSR count). The van der Waals surface area contributed by atoms with Crippen LogP contribution in [0.15, 0.2) is 103 Å². The third kappa shape index (κ3) is 14.7. The van der Waals surface area contributed by atoms with Crippen molar-refractivity contribution < 1.29 is 16.5 Å². The third-order valence-electron chi connectivity index (χ3n) is 9.71. The number of rotatable bonds is 18. The number of hydrogen-bond acceptors (Lipinski definition) is 4. The van der Waals surface area contributed by atoms with Crippen molar-refractivity contribution in [3.63, 3.8) is 0 Å². The molecule has 54 heavy (non-hydrogen) atoms. The molecule has 0 unspecified atom stereocenters. The van der Waals surface area contributed by atoms with Gasteiger partial charge < -0.3 is 20.9 Å². The second-order valence-electron chi connectivity index (χ2n) is 15.7. The van der Waals surface area contributed by atoms with Gasteiger partial charge in [-0.15, -0.1) is 0 Å². The van der Waals surface area contributed by atoms with Crippen LogP contribution >= 0.6 is 23.8 Å². The Bertz CT molecular complexity index is 1430. The fourth-order valence-electron chi connectivity index (χ4n) is 6.79. The first-order valence-electron chi connectivity index (χ1n) is 19.8. The van der Waals surface area contributed by atoms with Gasteiger partial charge in [0.05, 0.1) is 34.1 Å². The third-order valence-corrected chi connectivity index (χ3v) is 19.2. The maximum Gasteiger partial charge on any atom is 0.0695 e. The quantitative estimate of drug-likeness (QED) is 0.0690. The molecule has 0 aliphatic carbocycles. The Hall–Kier alpha value is -2.14. The summed E-state index contributed by atoms with van der Waals surface area (Å²) in [7, 11) is -0.469. The van der Waals surface area contributed by atoms with Crippen LogP contribution in [0.4, 0.5) is 34.1 Å². The van der Waals surface area contributed by atoms with Crippen molar-refractivity contribution >= 4 is 57.9 Å². The van der Waals surface area contributed by atoms with Crippen LogP contribution in [0.25, 0.3) is 0 Å². The van der Waals surface area contributed by atoms with Gasteiger partial charge in [-0.25, -0.2) is 0 Å². The summed E-state index contributed by atoms with van der Waals surface area (Å²) in [6, 6.07) is 36.9.